The Hall–Kier alpha value is -1.26. The first-order valence-corrected chi connectivity index (χ1v) is 11.1. The molecular formula is C22H43NO4. The van der Waals surface area contributed by atoms with Gasteiger partial charge in [0.05, 0.1) is 13.2 Å². The molecule has 0 unspecified atom stereocenters. The van der Waals surface area contributed by atoms with Gasteiger partial charge in [0, 0.05) is 13.0 Å². The van der Waals surface area contributed by atoms with Crippen LogP contribution in [0.4, 0.5) is 4.79 Å². The summed E-state index contributed by atoms with van der Waals surface area (Å²) in [4.78, 5) is 23.0. The lowest BCUT2D eigenvalue weighted by atomic mass is 10.1. The van der Waals surface area contributed by atoms with Crippen molar-refractivity contribution in [3.63, 3.8) is 0 Å². The highest BCUT2D eigenvalue weighted by atomic mass is 16.5. The Morgan fingerprint density at radius 2 is 1.37 bits per heavy atom. The molecule has 0 saturated heterocycles. The number of carbonyl (C=O) groups is 2. The van der Waals surface area contributed by atoms with Crippen molar-refractivity contribution in [2.24, 2.45) is 5.92 Å². The predicted molar refractivity (Wildman–Crippen MR) is 111 cm³/mol. The minimum atomic E-state index is -0.357. The molecule has 0 heterocycles. The van der Waals surface area contributed by atoms with Crippen LogP contribution in [0.25, 0.3) is 0 Å². The summed E-state index contributed by atoms with van der Waals surface area (Å²) in [5.74, 6) is 0.246. The van der Waals surface area contributed by atoms with Gasteiger partial charge < -0.3 is 14.8 Å². The van der Waals surface area contributed by atoms with Gasteiger partial charge in [0.1, 0.15) is 0 Å². The van der Waals surface area contributed by atoms with Gasteiger partial charge in [0.2, 0.25) is 0 Å². The van der Waals surface area contributed by atoms with Crippen molar-refractivity contribution in [1.82, 2.24) is 5.32 Å². The van der Waals surface area contributed by atoms with Crippen molar-refractivity contribution in [2.75, 3.05) is 19.8 Å². The second-order valence-electron chi connectivity index (χ2n) is 7.78. The normalized spacial score (nSPS) is 10.8. The van der Waals surface area contributed by atoms with Gasteiger partial charge in [-0.25, -0.2) is 4.79 Å². The van der Waals surface area contributed by atoms with E-state index in [4.69, 9.17) is 9.47 Å². The van der Waals surface area contributed by atoms with Gasteiger partial charge in [-0.3, -0.25) is 4.79 Å². The highest BCUT2D eigenvalue weighted by Gasteiger charge is 2.04. The molecule has 0 aromatic heterocycles. The smallest absolute Gasteiger partial charge is 0.407 e. The number of alkyl carbamates (subject to hydrolysis) is 1. The van der Waals surface area contributed by atoms with Crippen LogP contribution in [0.3, 0.4) is 0 Å². The largest absolute Gasteiger partial charge is 0.466 e. The predicted octanol–water partition coefficient (Wildman–Crippen LogP) is 6.00. The summed E-state index contributed by atoms with van der Waals surface area (Å²) in [7, 11) is 0. The summed E-state index contributed by atoms with van der Waals surface area (Å²) in [5, 5.41) is 2.72. The average Bonchev–Trinajstić information content (AvgIpc) is 2.64. The van der Waals surface area contributed by atoms with Gasteiger partial charge in [0.25, 0.3) is 0 Å². The van der Waals surface area contributed by atoms with Crippen LogP contribution in [0.15, 0.2) is 0 Å². The van der Waals surface area contributed by atoms with Crippen molar-refractivity contribution in [1.29, 1.82) is 0 Å². The van der Waals surface area contributed by atoms with E-state index in [1.807, 2.05) is 13.8 Å². The number of carbonyl (C=O) groups excluding carboxylic acids is 2. The fourth-order valence-corrected chi connectivity index (χ4v) is 2.73. The number of amides is 1. The molecule has 0 rings (SSSR count). The lowest BCUT2D eigenvalue weighted by molar-refractivity contribution is -0.143. The van der Waals surface area contributed by atoms with Crippen LogP contribution < -0.4 is 5.32 Å². The second kappa shape index (κ2) is 19.5. The van der Waals surface area contributed by atoms with Gasteiger partial charge in [0.15, 0.2) is 0 Å². The van der Waals surface area contributed by atoms with Crippen LogP contribution in [-0.4, -0.2) is 31.8 Å². The molecule has 1 amide bonds. The molecular weight excluding hydrogens is 342 g/mol. The zero-order valence-electron chi connectivity index (χ0n) is 18.0. The van der Waals surface area contributed by atoms with E-state index in [9.17, 15) is 9.59 Å². The summed E-state index contributed by atoms with van der Waals surface area (Å²) in [6, 6.07) is 0. The van der Waals surface area contributed by atoms with Crippen LogP contribution in [0.5, 0.6) is 0 Å². The number of ether oxygens (including phenoxy) is 2. The Kier molecular flexibility index (Phi) is 18.6. The zero-order chi connectivity index (χ0) is 20.2. The van der Waals surface area contributed by atoms with Crippen LogP contribution in [-0.2, 0) is 14.3 Å². The molecule has 0 aromatic rings. The molecule has 0 aliphatic carbocycles. The molecule has 0 aliphatic heterocycles. The third kappa shape index (κ3) is 20.9. The van der Waals surface area contributed by atoms with Crippen LogP contribution in [0.2, 0.25) is 0 Å². The molecule has 0 spiro atoms. The first kappa shape index (κ1) is 25.7. The van der Waals surface area contributed by atoms with E-state index in [2.05, 4.69) is 12.2 Å². The molecule has 0 aliphatic rings. The van der Waals surface area contributed by atoms with Crippen molar-refractivity contribution in [3.8, 4) is 0 Å². The molecule has 0 atom stereocenters. The number of hydrogen-bond acceptors (Lipinski definition) is 4. The summed E-state index contributed by atoms with van der Waals surface area (Å²) in [6.45, 7) is 7.83. The van der Waals surface area contributed by atoms with Gasteiger partial charge in [-0.05, 0) is 25.2 Å². The highest BCUT2D eigenvalue weighted by molar-refractivity contribution is 5.69. The van der Waals surface area contributed by atoms with E-state index in [1.54, 1.807) is 0 Å². The number of esters is 1. The van der Waals surface area contributed by atoms with Crippen molar-refractivity contribution in [3.05, 3.63) is 0 Å². The van der Waals surface area contributed by atoms with Crippen LogP contribution >= 0.6 is 0 Å². The van der Waals surface area contributed by atoms with Crippen molar-refractivity contribution in [2.45, 2.75) is 104 Å². The molecule has 0 radical (unpaired) electrons. The average molecular weight is 386 g/mol. The molecule has 27 heavy (non-hydrogen) atoms. The Morgan fingerprint density at radius 3 is 2.00 bits per heavy atom. The molecule has 5 nitrogen and oxygen atoms in total. The molecule has 1 N–H and O–H groups in total. The third-order valence-corrected chi connectivity index (χ3v) is 4.39. The second-order valence-corrected chi connectivity index (χ2v) is 7.78. The number of hydrogen-bond donors (Lipinski definition) is 1. The first-order chi connectivity index (χ1) is 13.1. The minimum Gasteiger partial charge on any atom is -0.466 e. The van der Waals surface area contributed by atoms with E-state index in [0.29, 0.717) is 32.1 Å². The van der Waals surface area contributed by atoms with E-state index in [0.717, 1.165) is 32.1 Å². The molecule has 0 aromatic carbocycles. The van der Waals surface area contributed by atoms with Gasteiger partial charge in [-0.1, -0.05) is 78.6 Å². The Labute approximate surface area is 167 Å². The first-order valence-electron chi connectivity index (χ1n) is 11.1. The number of nitrogens with one attached hydrogen (secondary N) is 1. The van der Waals surface area contributed by atoms with E-state index in [-0.39, 0.29) is 12.1 Å². The zero-order valence-corrected chi connectivity index (χ0v) is 18.0. The van der Waals surface area contributed by atoms with Gasteiger partial charge in [-0.15, -0.1) is 0 Å². The summed E-state index contributed by atoms with van der Waals surface area (Å²) in [5.41, 5.74) is 0. The van der Waals surface area contributed by atoms with E-state index in [1.165, 1.54) is 44.9 Å². The molecule has 160 valence electrons. The standard InChI is InChI=1S/C22H43NO4/c1-4-5-6-7-8-9-10-11-15-18-26-21(24)16-13-12-14-17-23-22(25)27-19-20(2)3/h20H,4-19H2,1-3H3,(H,23,25). The monoisotopic (exact) mass is 385 g/mol. The Bertz CT molecular complexity index is 358. The van der Waals surface area contributed by atoms with E-state index >= 15 is 0 Å². The van der Waals surface area contributed by atoms with Gasteiger partial charge in [-0.2, -0.15) is 0 Å². The number of unbranched alkanes of at least 4 members (excludes halogenated alkanes) is 10. The van der Waals surface area contributed by atoms with Crippen molar-refractivity contribution >= 4 is 12.1 Å². The van der Waals surface area contributed by atoms with Gasteiger partial charge >= 0.3 is 12.1 Å². The third-order valence-electron chi connectivity index (χ3n) is 4.39. The lowest BCUT2D eigenvalue weighted by Crippen LogP contribution is -2.26. The summed E-state index contributed by atoms with van der Waals surface area (Å²) in [6.07, 6.45) is 14.1. The maximum Gasteiger partial charge on any atom is 0.407 e. The maximum atomic E-state index is 11.7. The Balaban J connectivity index is 3.27. The lowest BCUT2D eigenvalue weighted by Gasteiger charge is -2.08. The molecule has 0 saturated carbocycles. The molecule has 5 heteroatoms. The minimum absolute atomic E-state index is 0.0983. The topological polar surface area (TPSA) is 64.6 Å². The Morgan fingerprint density at radius 1 is 0.778 bits per heavy atom. The summed E-state index contributed by atoms with van der Waals surface area (Å²) < 4.78 is 10.3. The highest BCUT2D eigenvalue weighted by Crippen LogP contribution is 2.10. The quantitative estimate of drug-likeness (QED) is 0.232. The van der Waals surface area contributed by atoms with Crippen LogP contribution in [0.1, 0.15) is 104 Å². The fraction of sp³-hybridized carbons (Fsp3) is 0.909. The summed E-state index contributed by atoms with van der Waals surface area (Å²) >= 11 is 0. The van der Waals surface area contributed by atoms with Crippen molar-refractivity contribution < 1.29 is 19.1 Å². The maximum absolute atomic E-state index is 11.7. The van der Waals surface area contributed by atoms with Crippen LogP contribution in [0, 0.1) is 5.92 Å². The molecule has 0 bridgehead atoms. The molecule has 0 fully saturated rings. The number of rotatable bonds is 18. The van der Waals surface area contributed by atoms with E-state index < -0.39 is 0 Å². The fourth-order valence-electron chi connectivity index (χ4n) is 2.73. The SMILES string of the molecule is CCCCCCCCCCCOC(=O)CCCCCNC(=O)OCC(C)C.